The Morgan fingerprint density at radius 3 is 2.76 bits per heavy atom. The molecule has 1 fully saturated rings. The fraction of sp³-hybridized carbons (Fsp3) is 0.389. The molecule has 0 bridgehead atoms. The molecule has 0 aliphatic carbocycles. The summed E-state index contributed by atoms with van der Waals surface area (Å²) in [7, 11) is 0. The summed E-state index contributed by atoms with van der Waals surface area (Å²) in [6.07, 6.45) is 0. The summed E-state index contributed by atoms with van der Waals surface area (Å²) in [5.74, 6) is -0.0869. The summed E-state index contributed by atoms with van der Waals surface area (Å²) < 4.78 is 8.60. The maximum atomic E-state index is 13.1. The van der Waals surface area contributed by atoms with Crippen LogP contribution in [0.15, 0.2) is 29.1 Å². The van der Waals surface area contributed by atoms with Gasteiger partial charge in [-0.25, -0.2) is 4.68 Å². The number of hydrogen-bond donors (Lipinski definition) is 0. The van der Waals surface area contributed by atoms with E-state index in [4.69, 9.17) is 4.74 Å². The molecule has 1 atom stereocenters. The van der Waals surface area contributed by atoms with Crippen molar-refractivity contribution >= 4 is 37.4 Å². The van der Waals surface area contributed by atoms with Crippen LogP contribution in [0.4, 0.5) is 0 Å². The van der Waals surface area contributed by atoms with Crippen molar-refractivity contribution in [3.8, 4) is 0 Å². The van der Waals surface area contributed by atoms with Crippen LogP contribution >= 0.6 is 11.3 Å². The number of morpholine rings is 1. The number of carbonyl (C=O) groups excluding carboxylic acids is 1. The summed E-state index contributed by atoms with van der Waals surface area (Å²) in [6, 6.07) is 7.21. The zero-order valence-corrected chi connectivity index (χ0v) is 15.0. The molecule has 130 valence electrons. The number of thiophene rings is 1. The number of aryl methyl sites for hydroxylation is 1. The molecule has 0 saturated carbocycles. The van der Waals surface area contributed by atoms with Crippen LogP contribution in [-0.4, -0.2) is 46.9 Å². The quantitative estimate of drug-likeness (QED) is 0.706. The fourth-order valence-corrected chi connectivity index (χ4v) is 4.43. The van der Waals surface area contributed by atoms with E-state index in [1.165, 1.54) is 4.68 Å². The summed E-state index contributed by atoms with van der Waals surface area (Å²) in [5, 5.41) is 6.04. The molecule has 1 aliphatic heterocycles. The first-order valence-corrected chi connectivity index (χ1v) is 9.17. The minimum atomic E-state index is -0.632. The van der Waals surface area contributed by atoms with Crippen molar-refractivity contribution in [3.63, 3.8) is 0 Å². The molecule has 3 aromatic rings. The Labute approximate surface area is 148 Å². The first-order chi connectivity index (χ1) is 12.1. The highest BCUT2D eigenvalue weighted by molar-refractivity contribution is 7.26. The SMILES string of the molecule is Cc1nn([C@H](C)C(=O)N2CCOCC2)c(=O)c2c1sc1ccccc12. The number of aromatic nitrogens is 2. The second-order valence-corrected chi connectivity index (χ2v) is 7.30. The van der Waals surface area contributed by atoms with Gasteiger partial charge >= 0.3 is 0 Å². The third-order valence-electron chi connectivity index (χ3n) is 4.65. The Morgan fingerprint density at radius 1 is 1.28 bits per heavy atom. The van der Waals surface area contributed by atoms with Gasteiger partial charge in [0.2, 0.25) is 5.91 Å². The van der Waals surface area contributed by atoms with Crippen LogP contribution in [0.25, 0.3) is 20.2 Å². The van der Waals surface area contributed by atoms with Crippen LogP contribution in [0.1, 0.15) is 18.7 Å². The van der Waals surface area contributed by atoms with Crippen molar-refractivity contribution in [1.82, 2.24) is 14.7 Å². The lowest BCUT2D eigenvalue weighted by Gasteiger charge is -2.29. The third-order valence-corrected chi connectivity index (χ3v) is 5.93. The molecule has 1 aromatic carbocycles. The maximum Gasteiger partial charge on any atom is 0.276 e. The largest absolute Gasteiger partial charge is 0.378 e. The van der Waals surface area contributed by atoms with E-state index in [-0.39, 0.29) is 11.5 Å². The third kappa shape index (κ3) is 2.63. The first-order valence-electron chi connectivity index (χ1n) is 8.35. The maximum absolute atomic E-state index is 13.1. The number of fused-ring (bicyclic) bond motifs is 3. The van der Waals surface area contributed by atoms with E-state index in [1.54, 1.807) is 23.2 Å². The molecule has 7 heteroatoms. The number of benzene rings is 1. The van der Waals surface area contributed by atoms with Gasteiger partial charge in [-0.3, -0.25) is 9.59 Å². The van der Waals surface area contributed by atoms with E-state index in [1.807, 2.05) is 31.2 Å². The molecule has 4 rings (SSSR count). The molecule has 0 radical (unpaired) electrons. The second kappa shape index (κ2) is 6.24. The monoisotopic (exact) mass is 357 g/mol. The first kappa shape index (κ1) is 16.2. The van der Waals surface area contributed by atoms with Crippen LogP contribution in [0.5, 0.6) is 0 Å². The van der Waals surface area contributed by atoms with Gasteiger partial charge in [0.05, 0.1) is 29.0 Å². The highest BCUT2D eigenvalue weighted by Crippen LogP contribution is 2.32. The Bertz CT molecular complexity index is 1020. The molecule has 3 heterocycles. The average Bonchev–Trinajstić information content (AvgIpc) is 3.04. The van der Waals surface area contributed by atoms with Crippen LogP contribution in [0, 0.1) is 6.92 Å². The molecule has 0 unspecified atom stereocenters. The smallest absolute Gasteiger partial charge is 0.276 e. The van der Waals surface area contributed by atoms with Gasteiger partial charge in [0.15, 0.2) is 0 Å². The zero-order chi connectivity index (χ0) is 17.6. The lowest BCUT2D eigenvalue weighted by atomic mass is 10.2. The van der Waals surface area contributed by atoms with Crippen molar-refractivity contribution in [2.24, 2.45) is 0 Å². The predicted octanol–water partition coefficient (Wildman–Crippen LogP) is 2.34. The Balaban J connectivity index is 1.84. The van der Waals surface area contributed by atoms with E-state index in [0.717, 1.165) is 20.5 Å². The summed E-state index contributed by atoms with van der Waals surface area (Å²) in [4.78, 5) is 27.6. The molecule has 25 heavy (non-hydrogen) atoms. The molecule has 0 spiro atoms. The number of rotatable bonds is 2. The van der Waals surface area contributed by atoms with Crippen molar-refractivity contribution in [2.45, 2.75) is 19.9 Å². The molecular weight excluding hydrogens is 338 g/mol. The number of hydrogen-bond acceptors (Lipinski definition) is 5. The zero-order valence-electron chi connectivity index (χ0n) is 14.2. The van der Waals surface area contributed by atoms with Gasteiger partial charge in [0.25, 0.3) is 5.56 Å². The van der Waals surface area contributed by atoms with Crippen molar-refractivity contribution in [2.75, 3.05) is 26.3 Å². The van der Waals surface area contributed by atoms with E-state index >= 15 is 0 Å². The van der Waals surface area contributed by atoms with Crippen molar-refractivity contribution < 1.29 is 9.53 Å². The van der Waals surface area contributed by atoms with Gasteiger partial charge in [-0.2, -0.15) is 5.10 Å². The summed E-state index contributed by atoms with van der Waals surface area (Å²) in [6.45, 7) is 5.81. The van der Waals surface area contributed by atoms with Gasteiger partial charge < -0.3 is 9.64 Å². The molecule has 1 saturated heterocycles. The minimum absolute atomic E-state index is 0.0869. The average molecular weight is 357 g/mol. The Hall–Kier alpha value is -2.25. The predicted molar refractivity (Wildman–Crippen MR) is 98.2 cm³/mol. The molecular formula is C18H19N3O3S. The second-order valence-electron chi connectivity index (χ2n) is 6.25. The minimum Gasteiger partial charge on any atom is -0.378 e. The topological polar surface area (TPSA) is 64.4 Å². The van der Waals surface area contributed by atoms with Crippen molar-refractivity contribution in [1.29, 1.82) is 0 Å². The normalized spacial score (nSPS) is 16.5. The Kier molecular flexibility index (Phi) is 4.05. The highest BCUT2D eigenvalue weighted by Gasteiger charge is 2.26. The van der Waals surface area contributed by atoms with E-state index in [9.17, 15) is 9.59 Å². The number of ether oxygens (including phenoxy) is 1. The van der Waals surface area contributed by atoms with Crippen LogP contribution < -0.4 is 5.56 Å². The molecule has 1 aliphatic rings. The summed E-state index contributed by atoms with van der Waals surface area (Å²) >= 11 is 1.57. The molecule has 1 amide bonds. The van der Waals surface area contributed by atoms with Crippen LogP contribution in [0.2, 0.25) is 0 Å². The van der Waals surface area contributed by atoms with Gasteiger partial charge in [0.1, 0.15) is 6.04 Å². The molecule has 0 N–H and O–H groups in total. The number of nitrogens with zero attached hydrogens (tertiary/aromatic N) is 3. The van der Waals surface area contributed by atoms with Crippen LogP contribution in [0.3, 0.4) is 0 Å². The van der Waals surface area contributed by atoms with Gasteiger partial charge in [0, 0.05) is 23.2 Å². The fourth-order valence-electron chi connectivity index (χ4n) is 3.29. The van der Waals surface area contributed by atoms with E-state index < -0.39 is 6.04 Å². The molecule has 2 aromatic heterocycles. The van der Waals surface area contributed by atoms with Crippen molar-refractivity contribution in [3.05, 3.63) is 40.3 Å². The molecule has 6 nitrogen and oxygen atoms in total. The van der Waals surface area contributed by atoms with Gasteiger partial charge in [-0.1, -0.05) is 18.2 Å². The van der Waals surface area contributed by atoms with E-state index in [0.29, 0.717) is 31.7 Å². The van der Waals surface area contributed by atoms with Gasteiger partial charge in [-0.15, -0.1) is 11.3 Å². The number of amides is 1. The van der Waals surface area contributed by atoms with E-state index in [2.05, 4.69) is 5.10 Å². The lowest BCUT2D eigenvalue weighted by molar-refractivity contribution is -0.138. The van der Waals surface area contributed by atoms with Crippen LogP contribution in [-0.2, 0) is 9.53 Å². The lowest BCUT2D eigenvalue weighted by Crippen LogP contribution is -2.45. The number of carbonyl (C=O) groups is 1. The summed E-state index contributed by atoms with van der Waals surface area (Å²) in [5.41, 5.74) is 0.574. The highest BCUT2D eigenvalue weighted by atomic mass is 32.1. The Morgan fingerprint density at radius 2 is 2.00 bits per heavy atom. The standard InChI is InChI=1S/C18H19N3O3S/c1-11-16-15(13-5-3-4-6-14(13)25-16)18(23)21(19-11)12(2)17(22)20-7-9-24-10-8-20/h3-6,12H,7-10H2,1-2H3/t12-/m1/s1. The van der Waals surface area contributed by atoms with Gasteiger partial charge in [-0.05, 0) is 19.9 Å².